The molecule has 13 heavy (non-hydrogen) atoms. The molecule has 0 fully saturated rings. The lowest BCUT2D eigenvalue weighted by atomic mass is 10.2. The Hall–Kier alpha value is -1.71. The van der Waals surface area contributed by atoms with Crippen LogP contribution in [0.4, 0.5) is 8.78 Å². The van der Waals surface area contributed by atoms with Crippen molar-refractivity contribution in [2.75, 3.05) is 0 Å². The number of benzene rings is 1. The SMILES string of the molecule is Fc1ccc(-c2n[c]co2)cc1F. The second kappa shape index (κ2) is 2.97. The first-order valence-corrected chi connectivity index (χ1v) is 3.54. The molecule has 0 aliphatic heterocycles. The monoisotopic (exact) mass is 180 g/mol. The molecule has 1 aromatic heterocycles. The normalized spacial score (nSPS) is 10.3. The maximum atomic E-state index is 12.7. The molecule has 0 unspecified atom stereocenters. The van der Waals surface area contributed by atoms with E-state index in [0.29, 0.717) is 5.56 Å². The highest BCUT2D eigenvalue weighted by Gasteiger charge is 2.06. The van der Waals surface area contributed by atoms with Crippen LogP contribution in [0.1, 0.15) is 0 Å². The van der Waals surface area contributed by atoms with Crippen molar-refractivity contribution in [3.8, 4) is 11.5 Å². The summed E-state index contributed by atoms with van der Waals surface area (Å²) in [7, 11) is 0. The minimum atomic E-state index is -0.921. The zero-order valence-corrected chi connectivity index (χ0v) is 6.42. The van der Waals surface area contributed by atoms with E-state index in [1.807, 2.05) is 0 Å². The Bertz CT molecular complexity index is 412. The van der Waals surface area contributed by atoms with Gasteiger partial charge in [-0.1, -0.05) is 0 Å². The number of hydrogen-bond donors (Lipinski definition) is 0. The largest absolute Gasteiger partial charge is 0.444 e. The van der Waals surface area contributed by atoms with Gasteiger partial charge in [-0.15, -0.1) is 0 Å². The molecule has 0 bridgehead atoms. The van der Waals surface area contributed by atoms with Gasteiger partial charge < -0.3 is 4.42 Å². The van der Waals surface area contributed by atoms with Crippen molar-refractivity contribution in [2.24, 2.45) is 0 Å². The summed E-state index contributed by atoms with van der Waals surface area (Å²) in [5.41, 5.74) is 0.389. The minimum Gasteiger partial charge on any atom is -0.444 e. The number of rotatable bonds is 1. The molecular formula is C9H4F2NO. The van der Waals surface area contributed by atoms with E-state index in [2.05, 4.69) is 11.2 Å². The van der Waals surface area contributed by atoms with Gasteiger partial charge in [0.2, 0.25) is 5.89 Å². The van der Waals surface area contributed by atoms with Crippen LogP contribution in [0, 0.1) is 17.8 Å². The Morgan fingerprint density at radius 1 is 1.23 bits per heavy atom. The molecule has 2 aromatic rings. The Labute approximate surface area is 72.8 Å². The second-order valence-electron chi connectivity index (χ2n) is 2.41. The van der Waals surface area contributed by atoms with Gasteiger partial charge in [0.25, 0.3) is 0 Å². The quantitative estimate of drug-likeness (QED) is 0.673. The lowest BCUT2D eigenvalue weighted by molar-refractivity contribution is 0.507. The van der Waals surface area contributed by atoms with Crippen molar-refractivity contribution in [2.45, 2.75) is 0 Å². The summed E-state index contributed by atoms with van der Waals surface area (Å²) in [6, 6.07) is 3.43. The summed E-state index contributed by atoms with van der Waals surface area (Å²) in [6.07, 6.45) is 3.68. The second-order valence-corrected chi connectivity index (χ2v) is 2.41. The molecule has 65 valence electrons. The van der Waals surface area contributed by atoms with Crippen LogP contribution in [0.2, 0.25) is 0 Å². The van der Waals surface area contributed by atoms with Crippen molar-refractivity contribution < 1.29 is 13.2 Å². The Balaban J connectivity index is 2.49. The molecule has 0 aliphatic rings. The zero-order valence-electron chi connectivity index (χ0n) is 6.42. The van der Waals surface area contributed by atoms with Gasteiger partial charge in [-0.05, 0) is 18.2 Å². The summed E-state index contributed by atoms with van der Waals surface area (Å²) >= 11 is 0. The molecule has 0 saturated heterocycles. The average Bonchev–Trinajstić information content (AvgIpc) is 2.62. The summed E-state index contributed by atoms with van der Waals surface area (Å²) in [6.45, 7) is 0. The first-order chi connectivity index (χ1) is 6.27. The number of halogens is 2. The standard InChI is InChI=1S/C9H4F2NO/c10-7-2-1-6(5-8(7)11)9-12-3-4-13-9/h1-2,4-5H. The first-order valence-electron chi connectivity index (χ1n) is 3.54. The highest BCUT2D eigenvalue weighted by molar-refractivity contribution is 5.52. The molecular weight excluding hydrogens is 176 g/mol. The Kier molecular flexibility index (Phi) is 1.81. The fourth-order valence-corrected chi connectivity index (χ4v) is 0.955. The van der Waals surface area contributed by atoms with E-state index in [4.69, 9.17) is 4.42 Å². The minimum absolute atomic E-state index is 0.221. The van der Waals surface area contributed by atoms with Crippen LogP contribution in [0.3, 0.4) is 0 Å². The number of oxazole rings is 1. The lowest BCUT2D eigenvalue weighted by Gasteiger charge is -1.95. The summed E-state index contributed by atoms with van der Waals surface area (Å²) in [5, 5.41) is 0. The van der Waals surface area contributed by atoms with Gasteiger partial charge in [-0.2, -0.15) is 0 Å². The number of nitrogens with zero attached hydrogens (tertiary/aromatic N) is 1. The van der Waals surface area contributed by atoms with E-state index >= 15 is 0 Å². The first kappa shape index (κ1) is 7.91. The maximum absolute atomic E-state index is 12.7. The van der Waals surface area contributed by atoms with E-state index in [1.54, 1.807) is 0 Å². The molecule has 4 heteroatoms. The Morgan fingerprint density at radius 3 is 2.69 bits per heavy atom. The summed E-state index contributed by atoms with van der Waals surface area (Å²) in [4.78, 5) is 3.68. The fourth-order valence-electron chi connectivity index (χ4n) is 0.955. The van der Waals surface area contributed by atoms with Crippen LogP contribution in [0.5, 0.6) is 0 Å². The van der Waals surface area contributed by atoms with Gasteiger partial charge in [0, 0.05) is 5.56 Å². The topological polar surface area (TPSA) is 26.0 Å². The third kappa shape index (κ3) is 1.42. The molecule has 1 heterocycles. The lowest BCUT2D eigenvalue weighted by Crippen LogP contribution is -1.84. The zero-order chi connectivity index (χ0) is 9.26. The van der Waals surface area contributed by atoms with Gasteiger partial charge >= 0.3 is 0 Å². The van der Waals surface area contributed by atoms with Crippen LogP contribution in [0.25, 0.3) is 11.5 Å². The molecule has 0 N–H and O–H groups in total. The third-order valence-electron chi connectivity index (χ3n) is 1.56. The van der Waals surface area contributed by atoms with Gasteiger partial charge in [-0.3, -0.25) is 0 Å². The fraction of sp³-hybridized carbons (Fsp3) is 0. The van der Waals surface area contributed by atoms with E-state index in [-0.39, 0.29) is 5.89 Å². The van der Waals surface area contributed by atoms with Gasteiger partial charge in [0.1, 0.15) is 12.5 Å². The van der Waals surface area contributed by atoms with Crippen LogP contribution in [-0.2, 0) is 0 Å². The van der Waals surface area contributed by atoms with Crippen molar-refractivity contribution in [1.82, 2.24) is 4.98 Å². The summed E-state index contributed by atoms with van der Waals surface area (Å²) in [5.74, 6) is -1.59. The molecule has 0 atom stereocenters. The van der Waals surface area contributed by atoms with Gasteiger partial charge in [0.15, 0.2) is 11.6 Å². The molecule has 2 rings (SSSR count). The number of hydrogen-bond acceptors (Lipinski definition) is 2. The smallest absolute Gasteiger partial charge is 0.226 e. The predicted octanol–water partition coefficient (Wildman–Crippen LogP) is 2.42. The molecule has 1 radical (unpaired) electrons. The van der Waals surface area contributed by atoms with Crippen LogP contribution in [0.15, 0.2) is 28.9 Å². The van der Waals surface area contributed by atoms with E-state index in [1.165, 1.54) is 12.3 Å². The van der Waals surface area contributed by atoms with E-state index in [0.717, 1.165) is 12.1 Å². The van der Waals surface area contributed by atoms with E-state index in [9.17, 15) is 8.78 Å². The highest BCUT2D eigenvalue weighted by atomic mass is 19.2. The third-order valence-corrected chi connectivity index (χ3v) is 1.56. The van der Waals surface area contributed by atoms with E-state index < -0.39 is 11.6 Å². The highest BCUT2D eigenvalue weighted by Crippen LogP contribution is 2.18. The Morgan fingerprint density at radius 2 is 2.08 bits per heavy atom. The molecule has 0 saturated carbocycles. The van der Waals surface area contributed by atoms with Crippen LogP contribution >= 0.6 is 0 Å². The molecule has 1 aromatic carbocycles. The van der Waals surface area contributed by atoms with Gasteiger partial charge in [0.05, 0.1) is 0 Å². The van der Waals surface area contributed by atoms with Crippen molar-refractivity contribution >= 4 is 0 Å². The molecule has 2 nitrogen and oxygen atoms in total. The average molecular weight is 180 g/mol. The summed E-state index contributed by atoms with van der Waals surface area (Å²) < 4.78 is 30.1. The maximum Gasteiger partial charge on any atom is 0.226 e. The van der Waals surface area contributed by atoms with Crippen LogP contribution < -0.4 is 0 Å². The van der Waals surface area contributed by atoms with Crippen molar-refractivity contribution in [3.63, 3.8) is 0 Å². The molecule has 0 amide bonds. The predicted molar refractivity (Wildman–Crippen MR) is 40.7 cm³/mol. The van der Waals surface area contributed by atoms with Crippen LogP contribution in [-0.4, -0.2) is 4.98 Å². The van der Waals surface area contributed by atoms with Gasteiger partial charge in [-0.25, -0.2) is 13.8 Å². The number of aromatic nitrogens is 1. The van der Waals surface area contributed by atoms with Crippen molar-refractivity contribution in [1.29, 1.82) is 0 Å². The molecule has 0 aliphatic carbocycles. The van der Waals surface area contributed by atoms with Crippen molar-refractivity contribution in [3.05, 3.63) is 42.3 Å². The molecule has 0 spiro atoms.